The number of carbonyl (C=O) groups is 1. The highest BCUT2D eigenvalue weighted by Gasteiger charge is 2.28. The van der Waals surface area contributed by atoms with Crippen molar-refractivity contribution in [2.45, 2.75) is 11.8 Å². The van der Waals surface area contributed by atoms with Gasteiger partial charge in [0.05, 0.1) is 6.61 Å². The number of benzene rings is 2. The van der Waals surface area contributed by atoms with Crippen LogP contribution in [-0.2, 0) is 0 Å². The predicted molar refractivity (Wildman–Crippen MR) is 78.9 cm³/mol. The first-order valence-electron chi connectivity index (χ1n) is 6.74. The smallest absolute Gasteiger partial charge is 0.423 e. The zero-order chi connectivity index (χ0) is 18.6. The molecule has 1 amide bonds. The molecule has 0 spiro atoms. The summed E-state index contributed by atoms with van der Waals surface area (Å²) in [6, 6.07) is 6.45. The molecule has 0 bridgehead atoms. The van der Waals surface area contributed by atoms with E-state index in [2.05, 4.69) is 9.46 Å². The Balaban J connectivity index is 2.08. The molecule has 0 saturated carbocycles. The largest absolute Gasteiger partial charge is 0.494 e. The summed E-state index contributed by atoms with van der Waals surface area (Å²) in [4.78, 5) is 12.0. The number of ether oxygens (including phenoxy) is 2. The summed E-state index contributed by atoms with van der Waals surface area (Å²) in [5.74, 6) is -12.4. The van der Waals surface area contributed by atoms with E-state index in [4.69, 9.17) is 4.74 Å². The minimum atomic E-state index is -2.34. The van der Waals surface area contributed by atoms with Crippen LogP contribution in [0.5, 0.6) is 11.5 Å². The molecule has 0 aliphatic heterocycles. The van der Waals surface area contributed by atoms with Gasteiger partial charge in [0.15, 0.2) is 0 Å². The number of rotatable bonds is 5. The third kappa shape index (κ3) is 4.32. The first-order valence-corrected chi connectivity index (χ1v) is 7.55. The van der Waals surface area contributed by atoms with Crippen LogP contribution in [0.1, 0.15) is 6.92 Å². The summed E-state index contributed by atoms with van der Waals surface area (Å²) in [5, 5.41) is 0. The van der Waals surface area contributed by atoms with Gasteiger partial charge in [0.2, 0.25) is 34.8 Å². The van der Waals surface area contributed by atoms with Gasteiger partial charge in [-0.2, -0.15) is 8.78 Å². The lowest BCUT2D eigenvalue weighted by Crippen LogP contribution is -2.22. The predicted octanol–water partition coefficient (Wildman–Crippen LogP) is 4.58. The van der Waals surface area contributed by atoms with Crippen LogP contribution in [0.25, 0.3) is 0 Å². The highest BCUT2D eigenvalue weighted by Crippen LogP contribution is 2.29. The highest BCUT2D eigenvalue weighted by atomic mass is 32.2. The number of nitrogens with one attached hydrogen (secondary N) is 1. The van der Waals surface area contributed by atoms with Crippen LogP contribution >= 0.6 is 11.9 Å². The molecule has 0 atom stereocenters. The molecule has 0 aliphatic carbocycles. The lowest BCUT2D eigenvalue weighted by atomic mass is 10.3. The third-order valence-corrected chi connectivity index (χ3v) is 3.49. The van der Waals surface area contributed by atoms with Crippen LogP contribution in [-0.4, -0.2) is 12.7 Å². The average molecular weight is 379 g/mol. The maximum absolute atomic E-state index is 13.4. The Morgan fingerprint density at radius 2 is 1.64 bits per heavy atom. The molecule has 2 rings (SSSR count). The average Bonchev–Trinajstić information content (AvgIpc) is 2.61. The van der Waals surface area contributed by atoms with Gasteiger partial charge >= 0.3 is 6.09 Å². The third-order valence-electron chi connectivity index (χ3n) is 2.73. The quantitative estimate of drug-likeness (QED) is 0.358. The number of hydrogen-bond acceptors (Lipinski definition) is 4. The molecule has 0 fully saturated rings. The summed E-state index contributed by atoms with van der Waals surface area (Å²) in [6.45, 7) is 2.20. The Morgan fingerprint density at radius 3 is 2.24 bits per heavy atom. The number of halogens is 5. The molecule has 0 unspecified atom stereocenters. The molecule has 0 aromatic heterocycles. The SMILES string of the molecule is CCOc1cccc(SNC(=O)Oc2c(F)c(F)c(F)c(F)c2F)c1. The van der Waals surface area contributed by atoms with E-state index in [0.29, 0.717) is 29.2 Å². The molecule has 1 N–H and O–H groups in total. The van der Waals surface area contributed by atoms with Crippen LogP contribution in [0, 0.1) is 29.1 Å². The molecule has 25 heavy (non-hydrogen) atoms. The van der Waals surface area contributed by atoms with E-state index >= 15 is 0 Å². The van der Waals surface area contributed by atoms with Gasteiger partial charge in [0, 0.05) is 4.90 Å². The molecule has 0 saturated heterocycles. The second kappa shape index (κ2) is 8.06. The fourth-order valence-electron chi connectivity index (χ4n) is 1.68. The fourth-order valence-corrected chi connectivity index (χ4v) is 2.25. The molecule has 4 nitrogen and oxygen atoms in total. The van der Waals surface area contributed by atoms with Crippen LogP contribution < -0.4 is 14.2 Å². The summed E-state index contributed by atoms with van der Waals surface area (Å²) in [7, 11) is 0. The van der Waals surface area contributed by atoms with Crippen LogP contribution in [0.4, 0.5) is 26.7 Å². The Bertz CT molecular complexity index is 774. The number of carbonyl (C=O) groups excluding carboxylic acids is 1. The van der Waals surface area contributed by atoms with Gasteiger partial charge in [-0.1, -0.05) is 6.07 Å². The number of amides is 1. The minimum Gasteiger partial charge on any atom is -0.494 e. The monoisotopic (exact) mass is 379 g/mol. The standard InChI is InChI=1S/C15H10F5NO3S/c1-2-23-7-4-3-5-8(6-7)25-21-15(22)24-14-12(19)10(17)9(16)11(18)13(14)20/h3-6H,2H2,1H3,(H,21,22). The Labute approximate surface area is 143 Å². The highest BCUT2D eigenvalue weighted by molar-refractivity contribution is 7.98. The van der Waals surface area contributed by atoms with Gasteiger partial charge in [-0.25, -0.2) is 18.0 Å². The van der Waals surface area contributed by atoms with Crippen molar-refractivity contribution < 1.29 is 36.2 Å². The van der Waals surface area contributed by atoms with Gasteiger partial charge in [0.1, 0.15) is 5.75 Å². The first kappa shape index (κ1) is 18.8. The molecule has 2 aromatic carbocycles. The van der Waals surface area contributed by atoms with Crippen molar-refractivity contribution in [3.05, 3.63) is 53.4 Å². The van der Waals surface area contributed by atoms with Crippen molar-refractivity contribution >= 4 is 18.0 Å². The maximum Gasteiger partial charge on any atom is 0.423 e. The molecule has 0 radical (unpaired) electrons. The number of hydrogen-bond donors (Lipinski definition) is 1. The van der Waals surface area contributed by atoms with E-state index in [9.17, 15) is 26.7 Å². The summed E-state index contributed by atoms with van der Waals surface area (Å²) < 4.78 is 77.3. The molecule has 2 aromatic rings. The van der Waals surface area contributed by atoms with Gasteiger partial charge in [0.25, 0.3) is 0 Å². The van der Waals surface area contributed by atoms with E-state index in [1.807, 2.05) is 0 Å². The van der Waals surface area contributed by atoms with E-state index in [-0.39, 0.29) is 0 Å². The summed E-state index contributed by atoms with van der Waals surface area (Å²) in [6.07, 6.45) is -1.42. The van der Waals surface area contributed by atoms with Crippen molar-refractivity contribution in [3.8, 4) is 11.5 Å². The molecule has 10 heteroatoms. The summed E-state index contributed by atoms with van der Waals surface area (Å²) >= 11 is 0.700. The zero-order valence-corrected chi connectivity index (χ0v) is 13.4. The van der Waals surface area contributed by atoms with Crippen molar-refractivity contribution in [1.82, 2.24) is 4.72 Å². The second-order valence-electron chi connectivity index (χ2n) is 4.40. The molecule has 0 aliphatic rings. The normalized spacial score (nSPS) is 10.5. The Hall–Kier alpha value is -2.49. The van der Waals surface area contributed by atoms with E-state index < -0.39 is 40.9 Å². The topological polar surface area (TPSA) is 47.6 Å². The second-order valence-corrected chi connectivity index (χ2v) is 5.28. The van der Waals surface area contributed by atoms with Crippen molar-refractivity contribution in [2.24, 2.45) is 0 Å². The van der Waals surface area contributed by atoms with Gasteiger partial charge < -0.3 is 9.47 Å². The Kier molecular flexibility index (Phi) is 6.07. The van der Waals surface area contributed by atoms with Gasteiger partial charge in [-0.3, -0.25) is 4.72 Å². The lowest BCUT2D eigenvalue weighted by molar-refractivity contribution is 0.200. The van der Waals surface area contributed by atoms with E-state index in [1.54, 1.807) is 31.2 Å². The molecular weight excluding hydrogens is 369 g/mol. The first-order chi connectivity index (χ1) is 11.8. The zero-order valence-electron chi connectivity index (χ0n) is 12.5. The Morgan fingerprint density at radius 1 is 1.04 bits per heavy atom. The van der Waals surface area contributed by atoms with Gasteiger partial charge in [-0.05, 0) is 37.1 Å². The van der Waals surface area contributed by atoms with E-state index in [1.165, 1.54) is 0 Å². The molecule has 134 valence electrons. The fraction of sp³-hybridized carbons (Fsp3) is 0.133. The van der Waals surface area contributed by atoms with Crippen LogP contribution in [0.15, 0.2) is 29.2 Å². The summed E-state index contributed by atoms with van der Waals surface area (Å²) in [5.41, 5.74) is 0. The minimum absolute atomic E-state index is 0.420. The van der Waals surface area contributed by atoms with Crippen molar-refractivity contribution in [3.63, 3.8) is 0 Å². The molecular formula is C15H10F5NO3S. The van der Waals surface area contributed by atoms with Gasteiger partial charge in [-0.15, -0.1) is 0 Å². The lowest BCUT2D eigenvalue weighted by Gasteiger charge is -2.10. The van der Waals surface area contributed by atoms with Crippen molar-refractivity contribution in [2.75, 3.05) is 6.61 Å². The van der Waals surface area contributed by atoms with Crippen LogP contribution in [0.2, 0.25) is 0 Å². The van der Waals surface area contributed by atoms with Crippen molar-refractivity contribution in [1.29, 1.82) is 0 Å². The molecule has 0 heterocycles. The van der Waals surface area contributed by atoms with Crippen LogP contribution in [0.3, 0.4) is 0 Å². The maximum atomic E-state index is 13.4. The van der Waals surface area contributed by atoms with E-state index in [0.717, 1.165) is 0 Å².